The van der Waals surface area contributed by atoms with Crippen LogP contribution >= 0.6 is 0 Å². The molecule has 0 spiro atoms. The zero-order valence-electron chi connectivity index (χ0n) is 24.4. The first-order chi connectivity index (χ1) is 16.9. The summed E-state index contributed by atoms with van der Waals surface area (Å²) in [6.45, 7) is 18.3. The topological polar surface area (TPSA) is 20.3 Å². The number of terminal acetylenes is 1. The summed E-state index contributed by atoms with van der Waals surface area (Å²) in [4.78, 5) is 14.5. The van der Waals surface area contributed by atoms with Crippen molar-refractivity contribution in [1.82, 2.24) is 4.90 Å². The van der Waals surface area contributed by atoms with E-state index in [4.69, 9.17) is 6.42 Å². The van der Waals surface area contributed by atoms with Crippen LogP contribution in [-0.4, -0.2) is 23.9 Å². The number of carbonyl (C=O) groups excluding carboxylic acids is 1. The number of amides is 1. The molecule has 0 aromatic heterocycles. The van der Waals surface area contributed by atoms with Crippen LogP contribution in [0.3, 0.4) is 0 Å². The first-order valence-corrected chi connectivity index (χ1v) is 14.9. The summed E-state index contributed by atoms with van der Waals surface area (Å²) in [5.74, 6) is 7.65. The fraction of sp³-hybridized carbons (Fsp3) is 0.794. The fourth-order valence-electron chi connectivity index (χ4n) is 10.7. The third-order valence-electron chi connectivity index (χ3n) is 12.4. The lowest BCUT2D eigenvalue weighted by atomic mass is 9.40. The molecule has 2 unspecified atom stereocenters. The summed E-state index contributed by atoms with van der Waals surface area (Å²) >= 11 is 0. The van der Waals surface area contributed by atoms with Gasteiger partial charge in [0, 0.05) is 19.0 Å². The van der Waals surface area contributed by atoms with E-state index in [1.165, 1.54) is 56.6 Å². The standard InChI is InChI=1S/C34H53NO/c1-10-24(14-12-13-23(3)4)26-16-17-27-25-15-18-29-32(5,6)30(35(9)31(36)11-2)20-22-34(29,8)28(25)19-21-33(26,27)7/h1,11,13,24-30H,2,12,14-22H2,3-9H3/t24-,25+,26-,27?,28?,29+,30+,33-,34-/m1/s1. The van der Waals surface area contributed by atoms with E-state index in [9.17, 15) is 4.79 Å². The van der Waals surface area contributed by atoms with E-state index in [-0.39, 0.29) is 11.3 Å². The lowest BCUT2D eigenvalue weighted by Gasteiger charge is -2.66. The quantitative estimate of drug-likeness (QED) is 0.208. The van der Waals surface area contributed by atoms with Crippen molar-refractivity contribution in [1.29, 1.82) is 0 Å². The number of allylic oxidation sites excluding steroid dienone is 2. The first-order valence-electron chi connectivity index (χ1n) is 14.9. The molecule has 9 atom stereocenters. The summed E-state index contributed by atoms with van der Waals surface area (Å²) in [6, 6.07) is 0.305. The van der Waals surface area contributed by atoms with E-state index in [1.807, 2.05) is 11.9 Å². The van der Waals surface area contributed by atoms with Gasteiger partial charge in [0.05, 0.1) is 0 Å². The Bertz CT molecular complexity index is 918. The fourth-order valence-corrected chi connectivity index (χ4v) is 10.7. The van der Waals surface area contributed by atoms with Gasteiger partial charge in [-0.2, -0.15) is 0 Å². The van der Waals surface area contributed by atoms with E-state index < -0.39 is 0 Å². The van der Waals surface area contributed by atoms with Crippen molar-refractivity contribution in [3.8, 4) is 12.3 Å². The Hall–Kier alpha value is -1.49. The molecule has 0 aliphatic heterocycles. The second kappa shape index (κ2) is 10.0. The van der Waals surface area contributed by atoms with Crippen LogP contribution < -0.4 is 0 Å². The second-order valence-electron chi connectivity index (χ2n) is 14.4. The van der Waals surface area contributed by atoms with Crippen LogP contribution in [0.15, 0.2) is 24.3 Å². The molecule has 2 nitrogen and oxygen atoms in total. The Morgan fingerprint density at radius 1 is 1.03 bits per heavy atom. The van der Waals surface area contributed by atoms with Gasteiger partial charge in [-0.3, -0.25) is 4.79 Å². The predicted octanol–water partition coefficient (Wildman–Crippen LogP) is 8.29. The number of fused-ring (bicyclic) bond motifs is 5. The van der Waals surface area contributed by atoms with E-state index in [0.29, 0.717) is 34.6 Å². The zero-order chi connectivity index (χ0) is 26.5. The van der Waals surface area contributed by atoms with Crippen molar-refractivity contribution in [2.75, 3.05) is 7.05 Å². The number of hydrogen-bond acceptors (Lipinski definition) is 1. The van der Waals surface area contributed by atoms with Crippen LogP contribution in [0.2, 0.25) is 0 Å². The summed E-state index contributed by atoms with van der Waals surface area (Å²) < 4.78 is 0. The number of nitrogens with zero attached hydrogens (tertiary/aromatic N) is 1. The molecule has 4 rings (SSSR count). The Balaban J connectivity index is 1.54. The molecule has 4 aliphatic carbocycles. The highest BCUT2D eigenvalue weighted by atomic mass is 16.2. The van der Waals surface area contributed by atoms with Crippen LogP contribution in [0.1, 0.15) is 106 Å². The minimum atomic E-state index is 0.0726. The highest BCUT2D eigenvalue weighted by molar-refractivity contribution is 5.87. The molecule has 4 aliphatic rings. The van der Waals surface area contributed by atoms with Crippen molar-refractivity contribution >= 4 is 5.91 Å². The van der Waals surface area contributed by atoms with E-state index in [0.717, 1.165) is 37.0 Å². The Kier molecular flexibility index (Phi) is 7.65. The van der Waals surface area contributed by atoms with E-state index in [2.05, 4.69) is 60.1 Å². The van der Waals surface area contributed by atoms with Crippen LogP contribution in [-0.2, 0) is 4.79 Å². The molecule has 0 bridgehead atoms. The molecular formula is C34H53NO. The summed E-state index contributed by atoms with van der Waals surface area (Å²) in [7, 11) is 1.99. The molecule has 4 saturated carbocycles. The predicted molar refractivity (Wildman–Crippen MR) is 152 cm³/mol. The molecule has 1 amide bonds. The minimum Gasteiger partial charge on any atom is -0.339 e. The first kappa shape index (κ1) is 27.5. The van der Waals surface area contributed by atoms with Gasteiger partial charge < -0.3 is 4.90 Å². The van der Waals surface area contributed by atoms with Crippen molar-refractivity contribution in [3.05, 3.63) is 24.3 Å². The second-order valence-corrected chi connectivity index (χ2v) is 14.4. The molecule has 0 aromatic rings. The number of carbonyl (C=O) groups is 1. The van der Waals surface area contributed by atoms with Gasteiger partial charge in [0.2, 0.25) is 5.91 Å². The lowest BCUT2D eigenvalue weighted by Crippen LogP contribution is -2.62. The molecule has 200 valence electrons. The lowest BCUT2D eigenvalue weighted by molar-refractivity contribution is -0.170. The zero-order valence-corrected chi connectivity index (χ0v) is 24.4. The van der Waals surface area contributed by atoms with E-state index in [1.54, 1.807) is 0 Å². The van der Waals surface area contributed by atoms with Crippen LogP contribution in [0.4, 0.5) is 0 Å². The molecule has 0 aromatic carbocycles. The van der Waals surface area contributed by atoms with Crippen LogP contribution in [0, 0.1) is 64.1 Å². The SMILES string of the molecule is C#C[C@H](CCC=C(C)C)[C@H]1CCC2[C@@H]3CC[C@H]4C(C)(C)[C@@H](N(C)C(=O)C=C)CC[C@]4(C)C3CC[C@@]21C. The molecule has 0 heterocycles. The molecule has 0 N–H and O–H groups in total. The van der Waals surface area contributed by atoms with Gasteiger partial charge in [-0.05, 0) is 130 Å². The average molecular weight is 492 g/mol. The van der Waals surface area contributed by atoms with Crippen molar-refractivity contribution in [3.63, 3.8) is 0 Å². The Morgan fingerprint density at radius 2 is 1.69 bits per heavy atom. The van der Waals surface area contributed by atoms with Crippen molar-refractivity contribution in [2.24, 2.45) is 51.8 Å². The molecule has 0 saturated heterocycles. The molecule has 36 heavy (non-hydrogen) atoms. The maximum Gasteiger partial charge on any atom is 0.245 e. The number of likely N-dealkylation sites (N-methyl/N-ethyl adjacent to an activating group) is 1. The summed E-state index contributed by atoms with van der Waals surface area (Å²) in [5.41, 5.74) is 2.33. The summed E-state index contributed by atoms with van der Waals surface area (Å²) in [5, 5.41) is 0. The van der Waals surface area contributed by atoms with Gasteiger partial charge in [0.15, 0.2) is 0 Å². The van der Waals surface area contributed by atoms with Gasteiger partial charge in [0.1, 0.15) is 0 Å². The average Bonchev–Trinajstić information content (AvgIpc) is 3.17. The monoisotopic (exact) mass is 491 g/mol. The maximum atomic E-state index is 12.5. The van der Waals surface area contributed by atoms with Crippen molar-refractivity contribution < 1.29 is 4.79 Å². The van der Waals surface area contributed by atoms with Gasteiger partial charge in [-0.15, -0.1) is 12.3 Å². The largest absolute Gasteiger partial charge is 0.339 e. The van der Waals surface area contributed by atoms with Crippen LogP contribution in [0.25, 0.3) is 0 Å². The highest BCUT2D eigenvalue weighted by Crippen LogP contribution is 2.70. The van der Waals surface area contributed by atoms with Crippen molar-refractivity contribution in [2.45, 2.75) is 112 Å². The smallest absolute Gasteiger partial charge is 0.245 e. The summed E-state index contributed by atoms with van der Waals surface area (Å²) in [6.07, 6.45) is 22.8. The van der Waals surface area contributed by atoms with Gasteiger partial charge in [-0.1, -0.05) is 45.9 Å². The number of rotatable bonds is 6. The van der Waals surface area contributed by atoms with Crippen LogP contribution in [0.5, 0.6) is 0 Å². The normalized spacial score (nSPS) is 41.6. The molecule has 0 radical (unpaired) electrons. The minimum absolute atomic E-state index is 0.0726. The third kappa shape index (κ3) is 4.31. The van der Waals surface area contributed by atoms with E-state index >= 15 is 0 Å². The number of hydrogen-bond donors (Lipinski definition) is 0. The van der Waals surface area contributed by atoms with Gasteiger partial charge >= 0.3 is 0 Å². The highest BCUT2D eigenvalue weighted by Gasteiger charge is 2.64. The third-order valence-corrected chi connectivity index (χ3v) is 12.4. The van der Waals surface area contributed by atoms with Gasteiger partial charge in [-0.25, -0.2) is 0 Å². The molecule has 4 fully saturated rings. The maximum absolute atomic E-state index is 12.5. The molecular weight excluding hydrogens is 438 g/mol. The Labute approximate surface area is 222 Å². The van der Waals surface area contributed by atoms with Gasteiger partial charge in [0.25, 0.3) is 0 Å². The molecule has 2 heteroatoms. The Morgan fingerprint density at radius 3 is 2.33 bits per heavy atom.